The van der Waals surface area contributed by atoms with E-state index in [0.717, 1.165) is 31.0 Å². The van der Waals surface area contributed by atoms with Crippen LogP contribution in [0.15, 0.2) is 103 Å². The van der Waals surface area contributed by atoms with E-state index < -0.39 is 0 Å². The number of rotatable bonds is 6. The maximum absolute atomic E-state index is 4.56. The van der Waals surface area contributed by atoms with Crippen molar-refractivity contribution in [3.63, 3.8) is 0 Å². The van der Waals surface area contributed by atoms with Crippen molar-refractivity contribution in [3.8, 4) is 0 Å². The molecule has 0 bridgehead atoms. The van der Waals surface area contributed by atoms with E-state index >= 15 is 0 Å². The van der Waals surface area contributed by atoms with Gasteiger partial charge in [-0.1, -0.05) is 60.7 Å². The first kappa shape index (κ1) is 18.5. The SMILES string of the molecule is c1ccc(CN(Cc2ccccn2)Cc2c3ccccc3cc3ccccc23)nc1. The topological polar surface area (TPSA) is 29.0 Å². The van der Waals surface area contributed by atoms with Crippen molar-refractivity contribution in [2.45, 2.75) is 19.6 Å². The van der Waals surface area contributed by atoms with Crippen molar-refractivity contribution in [2.24, 2.45) is 0 Å². The monoisotopic (exact) mass is 389 g/mol. The first-order valence-corrected chi connectivity index (χ1v) is 10.3. The lowest BCUT2D eigenvalue weighted by Gasteiger charge is -2.24. The third-order valence-corrected chi connectivity index (χ3v) is 5.49. The van der Waals surface area contributed by atoms with Crippen LogP contribution in [0.5, 0.6) is 0 Å². The number of pyridine rings is 2. The molecule has 0 aliphatic heterocycles. The van der Waals surface area contributed by atoms with Gasteiger partial charge < -0.3 is 0 Å². The van der Waals surface area contributed by atoms with Gasteiger partial charge in [0.25, 0.3) is 0 Å². The molecule has 0 aliphatic carbocycles. The minimum atomic E-state index is 0.773. The lowest BCUT2D eigenvalue weighted by atomic mass is 9.96. The van der Waals surface area contributed by atoms with E-state index in [2.05, 4.69) is 93.7 Å². The highest BCUT2D eigenvalue weighted by molar-refractivity contribution is 6.02. The molecule has 3 heteroatoms. The van der Waals surface area contributed by atoms with Gasteiger partial charge in [0.05, 0.1) is 11.4 Å². The largest absolute Gasteiger partial charge is 0.287 e. The predicted octanol–water partition coefficient (Wildman–Crippen LogP) is 5.99. The van der Waals surface area contributed by atoms with E-state index in [1.807, 2.05) is 24.5 Å². The summed E-state index contributed by atoms with van der Waals surface area (Å²) in [4.78, 5) is 11.6. The zero-order valence-corrected chi connectivity index (χ0v) is 16.8. The number of nitrogens with zero attached hydrogens (tertiary/aromatic N) is 3. The van der Waals surface area contributed by atoms with Gasteiger partial charge in [-0.05, 0) is 57.4 Å². The fourth-order valence-electron chi connectivity index (χ4n) is 4.11. The molecule has 3 aromatic carbocycles. The molecule has 5 aromatic rings. The van der Waals surface area contributed by atoms with Crippen molar-refractivity contribution in [1.82, 2.24) is 14.9 Å². The number of aromatic nitrogens is 2. The van der Waals surface area contributed by atoms with Crippen molar-refractivity contribution >= 4 is 21.5 Å². The van der Waals surface area contributed by atoms with Gasteiger partial charge in [-0.25, -0.2) is 0 Å². The standard InChI is InChI=1S/C27H23N3/c1-3-13-25-21(9-1)17-22-10-2-4-14-26(22)27(25)20-30(18-23-11-5-7-15-28-23)19-24-12-6-8-16-29-24/h1-17H,18-20H2. The average molecular weight is 390 g/mol. The quantitative estimate of drug-likeness (QED) is 0.334. The molecule has 0 amide bonds. The molecule has 2 aromatic heterocycles. The third-order valence-electron chi connectivity index (χ3n) is 5.49. The first-order chi connectivity index (χ1) is 14.9. The number of hydrogen-bond acceptors (Lipinski definition) is 3. The summed E-state index contributed by atoms with van der Waals surface area (Å²) in [6.07, 6.45) is 3.73. The fraction of sp³-hybridized carbons (Fsp3) is 0.111. The smallest absolute Gasteiger partial charge is 0.0544 e. The van der Waals surface area contributed by atoms with E-state index in [-0.39, 0.29) is 0 Å². The lowest BCUT2D eigenvalue weighted by Crippen LogP contribution is -2.23. The van der Waals surface area contributed by atoms with E-state index in [4.69, 9.17) is 0 Å². The normalized spacial score (nSPS) is 11.4. The molecule has 0 unspecified atom stereocenters. The van der Waals surface area contributed by atoms with Crippen molar-refractivity contribution in [1.29, 1.82) is 0 Å². The molecule has 0 atom stereocenters. The lowest BCUT2D eigenvalue weighted by molar-refractivity contribution is 0.243. The second-order valence-corrected chi connectivity index (χ2v) is 7.58. The van der Waals surface area contributed by atoms with E-state index in [1.165, 1.54) is 27.1 Å². The molecule has 0 saturated heterocycles. The molecule has 30 heavy (non-hydrogen) atoms. The molecule has 0 spiro atoms. The van der Waals surface area contributed by atoms with Gasteiger partial charge in [-0.15, -0.1) is 0 Å². The molecule has 0 N–H and O–H groups in total. The Labute approximate surface area is 176 Å². The van der Waals surface area contributed by atoms with Crippen LogP contribution >= 0.6 is 0 Å². The zero-order valence-electron chi connectivity index (χ0n) is 16.8. The minimum absolute atomic E-state index is 0.773. The van der Waals surface area contributed by atoms with Gasteiger partial charge in [0.2, 0.25) is 0 Å². The Bertz CT molecular complexity index is 1170. The van der Waals surface area contributed by atoms with Crippen LogP contribution in [-0.4, -0.2) is 14.9 Å². The first-order valence-electron chi connectivity index (χ1n) is 10.3. The Hall–Kier alpha value is -3.56. The Morgan fingerprint density at radius 2 is 1.03 bits per heavy atom. The third kappa shape index (κ3) is 3.93. The van der Waals surface area contributed by atoms with Crippen LogP contribution in [0.1, 0.15) is 17.0 Å². The van der Waals surface area contributed by atoms with Gasteiger partial charge in [-0.3, -0.25) is 14.9 Å². The van der Waals surface area contributed by atoms with Gasteiger partial charge >= 0.3 is 0 Å². The van der Waals surface area contributed by atoms with Gasteiger partial charge in [-0.2, -0.15) is 0 Å². The summed E-state index contributed by atoms with van der Waals surface area (Å²) in [5.41, 5.74) is 3.49. The second kappa shape index (κ2) is 8.44. The Balaban J connectivity index is 1.58. The van der Waals surface area contributed by atoms with Crippen LogP contribution in [-0.2, 0) is 19.6 Å². The summed E-state index contributed by atoms with van der Waals surface area (Å²) in [6.45, 7) is 2.37. The van der Waals surface area contributed by atoms with Crippen LogP contribution in [0, 0.1) is 0 Å². The van der Waals surface area contributed by atoms with Crippen molar-refractivity contribution in [3.05, 3.63) is 120 Å². The Morgan fingerprint density at radius 3 is 1.53 bits per heavy atom. The van der Waals surface area contributed by atoms with Crippen molar-refractivity contribution in [2.75, 3.05) is 0 Å². The van der Waals surface area contributed by atoms with Crippen LogP contribution in [0.3, 0.4) is 0 Å². The number of benzene rings is 3. The molecule has 5 rings (SSSR count). The average Bonchev–Trinajstić information content (AvgIpc) is 2.80. The van der Waals surface area contributed by atoms with E-state index in [9.17, 15) is 0 Å². The van der Waals surface area contributed by atoms with Gasteiger partial charge in [0, 0.05) is 32.0 Å². The highest BCUT2D eigenvalue weighted by Crippen LogP contribution is 2.30. The van der Waals surface area contributed by atoms with Crippen LogP contribution in [0.25, 0.3) is 21.5 Å². The second-order valence-electron chi connectivity index (χ2n) is 7.58. The summed E-state index contributed by atoms with van der Waals surface area (Å²) in [5.74, 6) is 0. The molecule has 0 saturated carbocycles. The van der Waals surface area contributed by atoms with Crippen LogP contribution in [0.2, 0.25) is 0 Å². The molecule has 0 fully saturated rings. The van der Waals surface area contributed by atoms with Crippen LogP contribution < -0.4 is 0 Å². The summed E-state index contributed by atoms with van der Waals surface area (Å²) >= 11 is 0. The molecule has 146 valence electrons. The Morgan fingerprint density at radius 1 is 0.533 bits per heavy atom. The molecular formula is C27H23N3. The summed E-state index contributed by atoms with van der Waals surface area (Å²) in [5, 5.41) is 5.18. The zero-order chi connectivity index (χ0) is 20.2. The van der Waals surface area contributed by atoms with Gasteiger partial charge in [0.1, 0.15) is 0 Å². The molecule has 3 nitrogen and oxygen atoms in total. The maximum Gasteiger partial charge on any atom is 0.0544 e. The highest BCUT2D eigenvalue weighted by atomic mass is 15.1. The molecule has 0 aliphatic rings. The molecule has 2 heterocycles. The summed E-state index contributed by atoms with van der Waals surface area (Å²) in [7, 11) is 0. The van der Waals surface area contributed by atoms with E-state index in [1.54, 1.807) is 0 Å². The summed E-state index contributed by atoms with van der Waals surface area (Å²) < 4.78 is 0. The van der Waals surface area contributed by atoms with Gasteiger partial charge in [0.15, 0.2) is 0 Å². The summed E-state index contributed by atoms with van der Waals surface area (Å²) in [6, 6.07) is 31.8. The van der Waals surface area contributed by atoms with E-state index in [0.29, 0.717) is 0 Å². The van der Waals surface area contributed by atoms with Crippen LogP contribution in [0.4, 0.5) is 0 Å². The number of hydrogen-bond donors (Lipinski definition) is 0. The Kier molecular flexibility index (Phi) is 5.19. The maximum atomic E-state index is 4.56. The molecule has 0 radical (unpaired) electrons. The fourth-order valence-corrected chi connectivity index (χ4v) is 4.11. The van der Waals surface area contributed by atoms with Crippen molar-refractivity contribution < 1.29 is 0 Å². The predicted molar refractivity (Wildman–Crippen MR) is 123 cm³/mol. The molecular weight excluding hydrogens is 366 g/mol. The number of fused-ring (bicyclic) bond motifs is 2. The highest BCUT2D eigenvalue weighted by Gasteiger charge is 2.14. The minimum Gasteiger partial charge on any atom is -0.287 e.